The Morgan fingerprint density at radius 1 is 1.03 bits per heavy atom. The summed E-state index contributed by atoms with van der Waals surface area (Å²) in [6.07, 6.45) is 0. The first kappa shape index (κ1) is 23.3. The molecule has 0 bridgehead atoms. The molecule has 2 rings (SSSR count). The highest BCUT2D eigenvalue weighted by atomic mass is 19.1. The van der Waals surface area contributed by atoms with E-state index in [1.54, 1.807) is 7.11 Å². The number of carbonyl (C=O) groups is 2. The van der Waals surface area contributed by atoms with Gasteiger partial charge < -0.3 is 20.3 Å². The highest BCUT2D eigenvalue weighted by Gasteiger charge is 2.26. The molecule has 2 unspecified atom stereocenters. The van der Waals surface area contributed by atoms with E-state index in [9.17, 15) is 14.0 Å². The smallest absolute Gasteiger partial charge is 0.251 e. The van der Waals surface area contributed by atoms with Gasteiger partial charge in [0.25, 0.3) is 5.91 Å². The number of benzene rings is 2. The highest BCUT2D eigenvalue weighted by Crippen LogP contribution is 2.21. The van der Waals surface area contributed by atoms with E-state index in [2.05, 4.69) is 10.6 Å². The average molecular weight is 416 g/mol. The number of nitrogens with zero attached hydrogens (tertiary/aromatic N) is 1. The Balaban J connectivity index is 2.05. The Kier molecular flexibility index (Phi) is 8.35. The molecule has 0 aliphatic rings. The van der Waals surface area contributed by atoms with Crippen LogP contribution in [0.25, 0.3) is 0 Å². The molecule has 0 fully saturated rings. The summed E-state index contributed by atoms with van der Waals surface area (Å²) in [5.74, 6) is -0.446. The number of hydrogen-bond acceptors (Lipinski definition) is 4. The predicted molar refractivity (Wildman–Crippen MR) is 115 cm³/mol. The third-order valence-electron chi connectivity index (χ3n) is 4.94. The topological polar surface area (TPSA) is 70.7 Å². The van der Waals surface area contributed by atoms with Crippen LogP contribution in [0.4, 0.5) is 4.39 Å². The van der Waals surface area contributed by atoms with Gasteiger partial charge in [-0.15, -0.1) is 0 Å². The number of rotatable bonds is 9. The van der Waals surface area contributed by atoms with E-state index >= 15 is 0 Å². The van der Waals surface area contributed by atoms with Crippen molar-refractivity contribution in [2.45, 2.75) is 25.9 Å². The van der Waals surface area contributed by atoms with Crippen molar-refractivity contribution < 1.29 is 18.7 Å². The fourth-order valence-corrected chi connectivity index (χ4v) is 3.09. The van der Waals surface area contributed by atoms with Crippen molar-refractivity contribution in [3.63, 3.8) is 0 Å². The zero-order valence-electron chi connectivity index (χ0n) is 18.1. The van der Waals surface area contributed by atoms with Gasteiger partial charge in [0.2, 0.25) is 5.91 Å². The highest BCUT2D eigenvalue weighted by molar-refractivity contribution is 5.97. The number of nitrogens with one attached hydrogen (secondary N) is 2. The van der Waals surface area contributed by atoms with Gasteiger partial charge in [0, 0.05) is 12.1 Å². The van der Waals surface area contributed by atoms with Gasteiger partial charge in [-0.3, -0.25) is 9.59 Å². The van der Waals surface area contributed by atoms with E-state index < -0.39 is 17.8 Å². The van der Waals surface area contributed by atoms with Crippen LogP contribution < -0.4 is 15.4 Å². The van der Waals surface area contributed by atoms with Gasteiger partial charge in [0.1, 0.15) is 17.6 Å². The summed E-state index contributed by atoms with van der Waals surface area (Å²) < 4.78 is 18.3. The van der Waals surface area contributed by atoms with Gasteiger partial charge in [-0.05, 0) is 62.0 Å². The largest absolute Gasteiger partial charge is 0.497 e. The van der Waals surface area contributed by atoms with Crippen LogP contribution in [0.1, 0.15) is 35.8 Å². The van der Waals surface area contributed by atoms with E-state index in [4.69, 9.17) is 4.74 Å². The van der Waals surface area contributed by atoms with E-state index in [1.165, 1.54) is 24.3 Å². The molecule has 0 heterocycles. The van der Waals surface area contributed by atoms with Crippen LogP contribution in [0.15, 0.2) is 48.5 Å². The molecule has 0 saturated heterocycles. The number of likely N-dealkylation sites (N-methyl/N-ethyl adjacent to an activating group) is 1. The van der Waals surface area contributed by atoms with Gasteiger partial charge in [-0.2, -0.15) is 0 Å². The molecular weight excluding hydrogens is 385 g/mol. The second-order valence-electron chi connectivity index (χ2n) is 7.70. The number of ether oxygens (including phenoxy) is 1. The third-order valence-corrected chi connectivity index (χ3v) is 4.94. The summed E-state index contributed by atoms with van der Waals surface area (Å²) >= 11 is 0. The molecule has 2 aromatic rings. The standard InChI is InChI=1S/C23H30FN3O3/c1-15(2)21(26-22(28)17-6-10-18(24)11-7-17)23(29)25-14-20(27(3)4)16-8-12-19(30-5)13-9-16/h6-13,15,20-21H,14H2,1-5H3,(H,25,29)(H,26,28). The van der Waals surface area contributed by atoms with Crippen LogP contribution in [-0.4, -0.2) is 50.5 Å². The lowest BCUT2D eigenvalue weighted by atomic mass is 10.0. The lowest BCUT2D eigenvalue weighted by molar-refractivity contribution is -0.124. The predicted octanol–water partition coefficient (Wildman–Crippen LogP) is 3.01. The molecule has 0 aliphatic carbocycles. The van der Waals surface area contributed by atoms with Gasteiger partial charge in [-0.25, -0.2) is 4.39 Å². The van der Waals surface area contributed by atoms with Gasteiger partial charge in [0.15, 0.2) is 0 Å². The summed E-state index contributed by atoms with van der Waals surface area (Å²) in [6.45, 7) is 4.11. The maximum absolute atomic E-state index is 13.1. The fraction of sp³-hybridized carbons (Fsp3) is 0.391. The maximum atomic E-state index is 13.1. The second-order valence-corrected chi connectivity index (χ2v) is 7.70. The molecule has 0 radical (unpaired) electrons. The summed E-state index contributed by atoms with van der Waals surface area (Å²) in [7, 11) is 5.50. The Morgan fingerprint density at radius 2 is 1.63 bits per heavy atom. The van der Waals surface area contributed by atoms with Crippen molar-refractivity contribution >= 4 is 11.8 Å². The molecule has 0 saturated carbocycles. The van der Waals surface area contributed by atoms with E-state index in [0.717, 1.165) is 11.3 Å². The van der Waals surface area contributed by atoms with Crippen LogP contribution >= 0.6 is 0 Å². The Bertz CT molecular complexity index is 836. The summed E-state index contributed by atoms with van der Waals surface area (Å²) in [5, 5.41) is 5.71. The average Bonchev–Trinajstić information content (AvgIpc) is 2.72. The lowest BCUT2D eigenvalue weighted by Crippen LogP contribution is -2.51. The quantitative estimate of drug-likeness (QED) is 0.661. The van der Waals surface area contributed by atoms with Crippen LogP contribution in [0, 0.1) is 11.7 Å². The van der Waals surface area contributed by atoms with Gasteiger partial charge in [-0.1, -0.05) is 26.0 Å². The minimum absolute atomic E-state index is 0.0412. The first-order chi connectivity index (χ1) is 14.2. The summed E-state index contributed by atoms with van der Waals surface area (Å²) in [6, 6.07) is 12.2. The van der Waals surface area contributed by atoms with Crippen LogP contribution in [-0.2, 0) is 4.79 Å². The second kappa shape index (κ2) is 10.7. The van der Waals surface area contributed by atoms with E-state index in [-0.39, 0.29) is 17.9 Å². The van der Waals surface area contributed by atoms with Crippen molar-refractivity contribution in [2.75, 3.05) is 27.7 Å². The Morgan fingerprint density at radius 3 is 2.13 bits per heavy atom. The van der Waals surface area contributed by atoms with Crippen molar-refractivity contribution in [1.82, 2.24) is 15.5 Å². The van der Waals surface area contributed by atoms with E-state index in [0.29, 0.717) is 12.1 Å². The number of methoxy groups -OCH3 is 1. The molecule has 2 aromatic carbocycles. The molecule has 0 spiro atoms. The molecule has 162 valence electrons. The number of carbonyl (C=O) groups excluding carboxylic acids is 2. The fourth-order valence-electron chi connectivity index (χ4n) is 3.09. The monoisotopic (exact) mass is 415 g/mol. The molecule has 7 heteroatoms. The van der Waals surface area contributed by atoms with Gasteiger partial charge in [0.05, 0.1) is 13.2 Å². The summed E-state index contributed by atoms with van der Waals surface area (Å²) in [5.41, 5.74) is 1.34. The summed E-state index contributed by atoms with van der Waals surface area (Å²) in [4.78, 5) is 27.3. The molecule has 30 heavy (non-hydrogen) atoms. The van der Waals surface area contributed by atoms with Crippen LogP contribution in [0.2, 0.25) is 0 Å². The van der Waals surface area contributed by atoms with E-state index in [1.807, 2.05) is 57.1 Å². The SMILES string of the molecule is COc1ccc(C(CNC(=O)C(NC(=O)c2ccc(F)cc2)C(C)C)N(C)C)cc1. The first-order valence-corrected chi connectivity index (χ1v) is 9.87. The molecule has 6 nitrogen and oxygen atoms in total. The minimum atomic E-state index is -0.707. The number of amides is 2. The number of hydrogen-bond donors (Lipinski definition) is 2. The number of halogens is 1. The molecule has 2 amide bonds. The third kappa shape index (κ3) is 6.29. The van der Waals surface area contributed by atoms with Crippen molar-refractivity contribution in [1.29, 1.82) is 0 Å². The van der Waals surface area contributed by atoms with Crippen molar-refractivity contribution in [2.24, 2.45) is 5.92 Å². The maximum Gasteiger partial charge on any atom is 0.251 e. The van der Waals surface area contributed by atoms with Crippen molar-refractivity contribution in [3.8, 4) is 5.75 Å². The molecule has 2 N–H and O–H groups in total. The Hall–Kier alpha value is -2.93. The van der Waals surface area contributed by atoms with Crippen LogP contribution in [0.3, 0.4) is 0 Å². The van der Waals surface area contributed by atoms with Crippen molar-refractivity contribution in [3.05, 3.63) is 65.5 Å². The molecule has 0 aliphatic heterocycles. The van der Waals surface area contributed by atoms with Crippen LogP contribution in [0.5, 0.6) is 5.75 Å². The first-order valence-electron chi connectivity index (χ1n) is 9.87. The molecule has 2 atom stereocenters. The molecular formula is C23H30FN3O3. The minimum Gasteiger partial charge on any atom is -0.497 e. The molecule has 0 aromatic heterocycles. The van der Waals surface area contributed by atoms with Gasteiger partial charge >= 0.3 is 0 Å². The lowest BCUT2D eigenvalue weighted by Gasteiger charge is -2.27. The zero-order chi connectivity index (χ0) is 22.3. The Labute approximate surface area is 177 Å². The normalized spacial score (nSPS) is 13.1. The zero-order valence-corrected chi connectivity index (χ0v) is 18.1.